The first kappa shape index (κ1) is 85.1. The number of aromatic nitrogens is 7. The molecular formula is C135H99N8+. The van der Waals surface area contributed by atoms with E-state index in [4.69, 9.17) is 0 Å². The molecule has 0 radical (unpaired) electrons. The van der Waals surface area contributed by atoms with E-state index in [1.165, 1.54) is 198 Å². The fourth-order valence-corrected chi connectivity index (χ4v) is 23.1. The van der Waals surface area contributed by atoms with Crippen LogP contribution in [-0.4, -0.2) is 27.4 Å². The molecular weight excluding hydrogens is 1730 g/mol. The number of rotatable bonds is 18. The highest BCUT2D eigenvalue weighted by Crippen LogP contribution is 2.52. The van der Waals surface area contributed by atoms with Gasteiger partial charge in [0.05, 0.1) is 49.7 Å². The lowest BCUT2D eigenvalue weighted by Gasteiger charge is -2.25. The molecule has 0 saturated carbocycles. The normalized spacial score (nSPS) is 13.0. The molecule has 0 saturated heterocycles. The van der Waals surface area contributed by atoms with Crippen LogP contribution in [0.1, 0.15) is 51.3 Å². The van der Waals surface area contributed by atoms with Gasteiger partial charge < -0.3 is 32.3 Å². The Morgan fingerprint density at radius 1 is 0.294 bits per heavy atom. The van der Waals surface area contributed by atoms with Crippen molar-refractivity contribution in [3.63, 3.8) is 0 Å². The van der Waals surface area contributed by atoms with Gasteiger partial charge in [0, 0.05) is 165 Å². The maximum Gasteiger partial charge on any atom is 0.211 e. The highest BCUT2D eigenvalue weighted by molar-refractivity contribution is 6.28. The van der Waals surface area contributed by atoms with Crippen LogP contribution in [0.2, 0.25) is 0 Å². The summed E-state index contributed by atoms with van der Waals surface area (Å²) >= 11 is 0. The van der Waals surface area contributed by atoms with Crippen molar-refractivity contribution >= 4 is 160 Å². The van der Waals surface area contributed by atoms with Gasteiger partial charge in [-0.3, -0.25) is 0 Å². The van der Waals surface area contributed by atoms with Crippen LogP contribution in [-0.2, 0) is 19.6 Å². The summed E-state index contributed by atoms with van der Waals surface area (Å²) in [5.41, 5.74) is 38.2. The summed E-state index contributed by atoms with van der Waals surface area (Å²) in [5, 5.41) is 15.3. The molecule has 0 bridgehead atoms. The zero-order chi connectivity index (χ0) is 95.1. The minimum absolute atomic E-state index is 0.207. The second kappa shape index (κ2) is 35.9. The van der Waals surface area contributed by atoms with Crippen molar-refractivity contribution in [2.75, 3.05) is 4.90 Å². The quantitative estimate of drug-likeness (QED) is 0.0789. The van der Waals surface area contributed by atoms with E-state index in [-0.39, 0.29) is 5.92 Å². The van der Waals surface area contributed by atoms with Gasteiger partial charge in [-0.25, -0.2) is 0 Å². The number of benzene rings is 19. The fourth-order valence-electron chi connectivity index (χ4n) is 23.1. The molecule has 7 heterocycles. The molecule has 143 heavy (non-hydrogen) atoms. The first-order valence-corrected chi connectivity index (χ1v) is 49.5. The van der Waals surface area contributed by atoms with Crippen LogP contribution in [0.15, 0.2) is 517 Å². The lowest BCUT2D eigenvalue weighted by Crippen LogP contribution is -2.28. The number of allylic oxidation sites excluding steroid dienone is 5. The molecule has 26 aromatic rings. The van der Waals surface area contributed by atoms with E-state index in [2.05, 4.69) is 542 Å². The van der Waals surface area contributed by atoms with Gasteiger partial charge in [-0.2, -0.15) is 4.57 Å². The van der Waals surface area contributed by atoms with Crippen molar-refractivity contribution in [1.82, 2.24) is 27.4 Å². The number of fused-ring (bicyclic) bond motifs is 24. The van der Waals surface area contributed by atoms with Gasteiger partial charge in [-0.05, 0) is 213 Å². The third-order valence-corrected chi connectivity index (χ3v) is 29.7. The van der Waals surface area contributed by atoms with E-state index in [9.17, 15) is 0 Å². The monoisotopic (exact) mass is 1830 g/mol. The van der Waals surface area contributed by atoms with Crippen molar-refractivity contribution in [1.29, 1.82) is 0 Å². The van der Waals surface area contributed by atoms with Crippen LogP contribution in [0.4, 0.5) is 17.1 Å². The molecule has 19 aromatic carbocycles. The Hall–Kier alpha value is -18.4. The summed E-state index contributed by atoms with van der Waals surface area (Å²) in [6.07, 6.45) is 17.9. The van der Waals surface area contributed by atoms with E-state index >= 15 is 0 Å². The maximum absolute atomic E-state index is 3.99. The number of hydrogen-bond donors (Lipinski definition) is 0. The molecule has 8 heteroatoms. The predicted octanol–water partition coefficient (Wildman–Crippen LogP) is 34.3. The van der Waals surface area contributed by atoms with E-state index in [1.807, 2.05) is 18.2 Å². The first-order valence-electron chi connectivity index (χ1n) is 49.5. The Morgan fingerprint density at radius 3 is 1.24 bits per heavy atom. The van der Waals surface area contributed by atoms with E-state index in [1.54, 1.807) is 0 Å². The summed E-state index contributed by atoms with van der Waals surface area (Å²) in [5.74, 6) is 0.616. The Balaban J connectivity index is 0.000000111. The van der Waals surface area contributed by atoms with Crippen LogP contribution in [0.3, 0.4) is 0 Å². The smallest absolute Gasteiger partial charge is 0.211 e. The van der Waals surface area contributed by atoms with Crippen molar-refractivity contribution in [2.45, 2.75) is 32.0 Å². The standard InChI is InChI=1S/C51H37N3.C46H34N2.C38H28N3/c1-2-36-22-24-37(25-23-36)35-52-47-32-28-39(38-26-29-43(30-27-38)53(40-14-6-3-7-15-40)41-16-8-4-9-17-41)34-46(47)44-31-33-49-50(51(44)52)45-20-12-13-21-48(45)54(49)42-18-10-5-11-19-42;1-2-30-20-22-31(23-21-30)29-47-42-19-11-10-16-36(42)39-25-26-40-41-28-32(44-37-17-8-6-14-34(37)35-15-7-9-18-38(35)44)24-27-43(41)48(46(40)45(39)47)33-12-4-3-5-13-33;1-2-27-15-17-28(18-16-27)26-40-34-21-19-30(39-23-9-4-10-24-39)25-33(34)31-20-22-36-37(38(31)40)32-13-7-8-14-35(32)41(36)29-11-5-3-6-12-29/h2-34H,1,35H2;2-22,24-28,31,44H,1,23,29H2;2-25H,1,26H2/q;;+1. The molecule has 28 rings (SSSR count). The molecule has 0 spiro atoms. The average Bonchev–Trinajstić information content (AvgIpc) is 1.55. The summed E-state index contributed by atoms with van der Waals surface area (Å²) in [4.78, 5) is 2.30. The largest absolute Gasteiger partial charge is 0.338 e. The average molecular weight is 1830 g/mol. The van der Waals surface area contributed by atoms with Gasteiger partial charge in [-0.15, -0.1) is 0 Å². The zero-order valence-electron chi connectivity index (χ0n) is 79.1. The molecule has 678 valence electrons. The van der Waals surface area contributed by atoms with Crippen molar-refractivity contribution in [3.05, 3.63) is 556 Å². The van der Waals surface area contributed by atoms with Crippen molar-refractivity contribution < 1.29 is 4.57 Å². The molecule has 1 unspecified atom stereocenters. The molecule has 0 aliphatic heterocycles. The van der Waals surface area contributed by atoms with Gasteiger partial charge in [0.15, 0.2) is 12.4 Å². The van der Waals surface area contributed by atoms with Crippen molar-refractivity contribution in [3.8, 4) is 45.0 Å². The summed E-state index contributed by atoms with van der Waals surface area (Å²) in [6.45, 7) is 14.3. The topological polar surface area (TPSA) is 36.7 Å². The molecule has 0 N–H and O–H groups in total. The third-order valence-electron chi connectivity index (χ3n) is 29.7. The number of para-hydroxylation sites is 8. The molecule has 0 fully saturated rings. The van der Waals surface area contributed by atoms with Crippen LogP contribution < -0.4 is 9.47 Å². The lowest BCUT2D eigenvalue weighted by atomic mass is 9.88. The van der Waals surface area contributed by atoms with Crippen molar-refractivity contribution in [2.24, 2.45) is 5.92 Å². The molecule has 7 aromatic heterocycles. The fraction of sp³-hybridized carbons (Fsp3) is 0.0444. The van der Waals surface area contributed by atoms with Gasteiger partial charge in [0.1, 0.15) is 0 Å². The Bertz CT molecular complexity index is 9460. The number of anilines is 3. The highest BCUT2D eigenvalue weighted by Gasteiger charge is 2.32. The summed E-state index contributed by atoms with van der Waals surface area (Å²) in [7, 11) is 0. The second-order valence-corrected chi connectivity index (χ2v) is 37.7. The number of hydrogen-bond acceptors (Lipinski definition) is 1. The van der Waals surface area contributed by atoms with Gasteiger partial charge in [-0.1, -0.05) is 353 Å². The summed E-state index contributed by atoms with van der Waals surface area (Å²) in [6, 6.07) is 166. The Morgan fingerprint density at radius 2 is 0.706 bits per heavy atom. The van der Waals surface area contributed by atoms with Crippen LogP contribution >= 0.6 is 0 Å². The molecule has 2 aliphatic rings. The van der Waals surface area contributed by atoms with Gasteiger partial charge in [0.25, 0.3) is 0 Å². The summed E-state index contributed by atoms with van der Waals surface area (Å²) < 4.78 is 17.1. The van der Waals surface area contributed by atoms with Crippen LogP contribution in [0.25, 0.3) is 188 Å². The minimum Gasteiger partial charge on any atom is -0.338 e. The predicted molar refractivity (Wildman–Crippen MR) is 603 cm³/mol. The minimum atomic E-state index is 0.207. The third kappa shape index (κ3) is 14.7. The Kier molecular flexibility index (Phi) is 21.3. The van der Waals surface area contributed by atoms with E-state index < -0.39 is 0 Å². The van der Waals surface area contributed by atoms with E-state index in [0.29, 0.717) is 5.92 Å². The van der Waals surface area contributed by atoms with E-state index in [0.717, 1.165) is 65.6 Å². The highest BCUT2D eigenvalue weighted by atomic mass is 15.1. The Labute approximate surface area is 829 Å². The zero-order valence-corrected chi connectivity index (χ0v) is 79.1. The first-order chi connectivity index (χ1) is 70.8. The van der Waals surface area contributed by atoms with Gasteiger partial charge >= 0.3 is 0 Å². The van der Waals surface area contributed by atoms with Crippen LogP contribution in [0, 0.1) is 5.92 Å². The number of nitrogens with zero attached hydrogens (tertiary/aromatic N) is 8. The number of pyridine rings is 1. The lowest BCUT2D eigenvalue weighted by molar-refractivity contribution is -0.595. The molecule has 0 amide bonds. The SMILES string of the molecule is C=CC1=CCC(Cn2c3ccccc3c3ccc4c5cc(C6c7ccccc7-c7ccccc76)ccc5n(-c5ccccc5)c4c32)C=C1.C=Cc1ccc(Cn2c3ccc(-[n+]4ccccc4)cc3c3ccc4c(c5ccccc5n4-c4ccccc4)c32)cc1.C=Cc1ccc(Cn2c3ccc(-c4ccc(N(c5ccccc5)c5ccccc5)cc4)cc3c3ccc4c(c5ccccc5n4-c4ccccc4)c32)cc1. The van der Waals surface area contributed by atoms with Crippen LogP contribution in [0.5, 0.6) is 0 Å². The molecule has 8 nitrogen and oxygen atoms in total. The maximum atomic E-state index is 3.99. The molecule has 1 atom stereocenters. The van der Waals surface area contributed by atoms with Gasteiger partial charge in [0.2, 0.25) is 5.69 Å². The molecule has 2 aliphatic carbocycles. The second-order valence-electron chi connectivity index (χ2n) is 37.7.